The molecule has 1 atom stereocenters. The molecule has 0 aliphatic carbocycles. The van der Waals surface area contributed by atoms with Gasteiger partial charge in [-0.1, -0.05) is 6.07 Å². The minimum Gasteiger partial charge on any atom is -0.494 e. The lowest BCUT2D eigenvalue weighted by Gasteiger charge is -2.17. The Kier molecular flexibility index (Phi) is 3.46. The highest BCUT2D eigenvalue weighted by Crippen LogP contribution is 2.32. The minimum absolute atomic E-state index is 0.378. The van der Waals surface area contributed by atoms with Crippen LogP contribution in [0.2, 0.25) is 0 Å². The summed E-state index contributed by atoms with van der Waals surface area (Å²) in [7, 11) is 0. The van der Waals surface area contributed by atoms with Gasteiger partial charge in [0, 0.05) is 5.56 Å². The fraction of sp³-hybridized carbons (Fsp3) is 0.538. The molecule has 1 heterocycles. The second-order valence-corrected chi connectivity index (χ2v) is 4.05. The lowest BCUT2D eigenvalue weighted by atomic mass is 9.95. The molecule has 0 spiro atoms. The zero-order valence-corrected chi connectivity index (χ0v) is 9.82. The summed E-state index contributed by atoms with van der Waals surface area (Å²) in [6.45, 7) is 5.66. The molecule has 0 bridgehead atoms. The monoisotopic (exact) mass is 222 g/mol. The van der Waals surface area contributed by atoms with E-state index in [4.69, 9.17) is 9.47 Å². The largest absolute Gasteiger partial charge is 0.494 e. The molecule has 1 aliphatic rings. The van der Waals surface area contributed by atoms with Gasteiger partial charge in [-0.2, -0.15) is 0 Å². The highest BCUT2D eigenvalue weighted by atomic mass is 16.5. The van der Waals surface area contributed by atoms with Gasteiger partial charge in [-0.25, -0.2) is 0 Å². The van der Waals surface area contributed by atoms with Crippen molar-refractivity contribution in [2.75, 3.05) is 19.8 Å². The number of ether oxygens (including phenoxy) is 2. The Morgan fingerprint density at radius 2 is 2.31 bits per heavy atom. The van der Waals surface area contributed by atoms with Crippen molar-refractivity contribution in [2.24, 2.45) is 0 Å². The predicted octanol–water partition coefficient (Wildman–Crippen LogP) is 2.00. The number of hydrogen-bond donors (Lipinski definition) is 1. The quantitative estimate of drug-likeness (QED) is 0.831. The molecule has 2 rings (SSSR count). The summed E-state index contributed by atoms with van der Waals surface area (Å²) in [6.07, 6.45) is 0.279. The third-order valence-corrected chi connectivity index (χ3v) is 2.94. The van der Waals surface area contributed by atoms with Gasteiger partial charge in [-0.3, -0.25) is 0 Å². The Hall–Kier alpha value is -1.06. The van der Waals surface area contributed by atoms with E-state index in [1.165, 1.54) is 0 Å². The highest BCUT2D eigenvalue weighted by molar-refractivity contribution is 5.46. The Morgan fingerprint density at radius 3 is 3.06 bits per heavy atom. The number of aliphatic hydroxyl groups is 1. The van der Waals surface area contributed by atoms with Crippen LogP contribution in [0.3, 0.4) is 0 Å². The molecule has 0 amide bonds. The summed E-state index contributed by atoms with van der Waals surface area (Å²) in [5.41, 5.74) is 3.20. The van der Waals surface area contributed by atoms with Crippen LogP contribution in [0, 0.1) is 6.92 Å². The maximum atomic E-state index is 10.0. The number of aryl methyl sites for hydroxylation is 1. The van der Waals surface area contributed by atoms with Crippen molar-refractivity contribution in [2.45, 2.75) is 26.4 Å². The topological polar surface area (TPSA) is 38.7 Å². The lowest BCUT2D eigenvalue weighted by Crippen LogP contribution is -2.08. The van der Waals surface area contributed by atoms with Gasteiger partial charge in [0.2, 0.25) is 0 Å². The first kappa shape index (κ1) is 11.4. The van der Waals surface area contributed by atoms with E-state index < -0.39 is 6.10 Å². The van der Waals surface area contributed by atoms with Gasteiger partial charge >= 0.3 is 0 Å². The first-order valence-corrected chi connectivity index (χ1v) is 5.75. The number of rotatable bonds is 2. The number of benzene rings is 1. The van der Waals surface area contributed by atoms with E-state index in [0.29, 0.717) is 19.8 Å². The smallest absolute Gasteiger partial charge is 0.122 e. The Labute approximate surface area is 96.0 Å². The van der Waals surface area contributed by atoms with Gasteiger partial charge in [-0.15, -0.1) is 0 Å². The summed E-state index contributed by atoms with van der Waals surface area (Å²) >= 11 is 0. The van der Waals surface area contributed by atoms with Crippen molar-refractivity contribution in [3.63, 3.8) is 0 Å². The summed E-state index contributed by atoms with van der Waals surface area (Å²) in [5, 5.41) is 10.0. The van der Waals surface area contributed by atoms with E-state index in [0.717, 1.165) is 28.9 Å². The van der Waals surface area contributed by atoms with Crippen LogP contribution >= 0.6 is 0 Å². The number of aliphatic hydroxyl groups excluding tert-OH is 1. The van der Waals surface area contributed by atoms with Gasteiger partial charge in [0.05, 0.1) is 19.8 Å². The van der Waals surface area contributed by atoms with Crippen LogP contribution in [-0.2, 0) is 11.2 Å². The third kappa shape index (κ3) is 2.06. The zero-order chi connectivity index (χ0) is 11.5. The highest BCUT2D eigenvalue weighted by Gasteiger charge is 2.21. The van der Waals surface area contributed by atoms with E-state index in [2.05, 4.69) is 0 Å². The van der Waals surface area contributed by atoms with Crippen molar-refractivity contribution in [3.8, 4) is 5.75 Å². The van der Waals surface area contributed by atoms with E-state index in [-0.39, 0.29) is 0 Å². The molecule has 3 heteroatoms. The van der Waals surface area contributed by atoms with Gasteiger partial charge in [0.25, 0.3) is 0 Å². The first-order valence-electron chi connectivity index (χ1n) is 5.75. The van der Waals surface area contributed by atoms with Gasteiger partial charge in [-0.05, 0) is 37.5 Å². The standard InChI is InChI=1S/C13H18O3/c1-3-16-12-5-4-9(2)13-10(12)6-7-15-8-11(13)14/h4-5,11,14H,3,6-8H2,1-2H3. The van der Waals surface area contributed by atoms with E-state index in [1.54, 1.807) is 0 Å². The zero-order valence-electron chi connectivity index (χ0n) is 9.82. The van der Waals surface area contributed by atoms with Crippen molar-refractivity contribution >= 4 is 0 Å². The molecular weight excluding hydrogens is 204 g/mol. The van der Waals surface area contributed by atoms with E-state index in [9.17, 15) is 5.11 Å². The molecule has 0 saturated heterocycles. The second-order valence-electron chi connectivity index (χ2n) is 4.05. The molecule has 1 N–H and O–H groups in total. The van der Waals surface area contributed by atoms with E-state index >= 15 is 0 Å². The van der Waals surface area contributed by atoms with Gasteiger partial charge in [0.1, 0.15) is 11.9 Å². The first-order chi connectivity index (χ1) is 7.74. The van der Waals surface area contributed by atoms with Crippen LogP contribution in [0.1, 0.15) is 29.7 Å². The maximum absolute atomic E-state index is 10.0. The fourth-order valence-electron chi connectivity index (χ4n) is 2.23. The Morgan fingerprint density at radius 1 is 1.50 bits per heavy atom. The average Bonchev–Trinajstić information content (AvgIpc) is 2.46. The summed E-state index contributed by atoms with van der Waals surface area (Å²) in [4.78, 5) is 0. The van der Waals surface area contributed by atoms with Crippen LogP contribution in [0.5, 0.6) is 5.75 Å². The molecule has 1 aromatic rings. The molecule has 88 valence electrons. The summed E-state index contributed by atoms with van der Waals surface area (Å²) in [6, 6.07) is 3.98. The molecule has 0 saturated carbocycles. The molecule has 1 aliphatic heterocycles. The molecule has 0 fully saturated rings. The molecule has 3 nitrogen and oxygen atoms in total. The number of hydrogen-bond acceptors (Lipinski definition) is 3. The SMILES string of the molecule is CCOc1ccc(C)c2c1CCOCC2O. The van der Waals surface area contributed by atoms with Crippen LogP contribution < -0.4 is 4.74 Å². The lowest BCUT2D eigenvalue weighted by molar-refractivity contribution is 0.0449. The summed E-state index contributed by atoms with van der Waals surface area (Å²) in [5.74, 6) is 0.882. The van der Waals surface area contributed by atoms with Crippen LogP contribution in [0.25, 0.3) is 0 Å². The van der Waals surface area contributed by atoms with Gasteiger partial charge in [0.15, 0.2) is 0 Å². The third-order valence-electron chi connectivity index (χ3n) is 2.94. The average molecular weight is 222 g/mol. The molecule has 16 heavy (non-hydrogen) atoms. The number of fused-ring (bicyclic) bond motifs is 1. The summed E-state index contributed by atoms with van der Waals surface area (Å²) < 4.78 is 11.0. The molecular formula is C13H18O3. The van der Waals surface area contributed by atoms with Crippen molar-refractivity contribution in [3.05, 3.63) is 28.8 Å². The molecule has 1 unspecified atom stereocenters. The predicted molar refractivity (Wildman–Crippen MR) is 61.8 cm³/mol. The second kappa shape index (κ2) is 4.85. The van der Waals surface area contributed by atoms with Crippen molar-refractivity contribution < 1.29 is 14.6 Å². The molecule has 1 aromatic carbocycles. The van der Waals surface area contributed by atoms with Gasteiger partial charge < -0.3 is 14.6 Å². The fourth-order valence-corrected chi connectivity index (χ4v) is 2.23. The molecule has 0 aromatic heterocycles. The van der Waals surface area contributed by atoms with Crippen LogP contribution in [-0.4, -0.2) is 24.9 Å². The van der Waals surface area contributed by atoms with E-state index in [1.807, 2.05) is 26.0 Å². The molecule has 0 radical (unpaired) electrons. The van der Waals surface area contributed by atoms with Crippen molar-refractivity contribution in [1.82, 2.24) is 0 Å². The maximum Gasteiger partial charge on any atom is 0.122 e. The van der Waals surface area contributed by atoms with Crippen LogP contribution in [0.15, 0.2) is 12.1 Å². The van der Waals surface area contributed by atoms with Crippen molar-refractivity contribution in [1.29, 1.82) is 0 Å². The Balaban J connectivity index is 2.48. The van der Waals surface area contributed by atoms with Crippen LogP contribution in [0.4, 0.5) is 0 Å². The minimum atomic E-state index is -0.530. The Bertz CT molecular complexity index is 374. The normalized spacial score (nSPS) is 20.1.